The van der Waals surface area contributed by atoms with Crippen LogP contribution in [0.15, 0.2) is 24.3 Å². The van der Waals surface area contributed by atoms with E-state index in [9.17, 15) is 4.79 Å². The maximum atomic E-state index is 12.1. The monoisotopic (exact) mass is 290 g/mol. The van der Waals surface area contributed by atoms with Gasteiger partial charge in [0.05, 0.1) is 5.69 Å². The van der Waals surface area contributed by atoms with Gasteiger partial charge in [-0.25, -0.2) is 0 Å². The summed E-state index contributed by atoms with van der Waals surface area (Å²) in [6, 6.07) is 7.66. The molecule has 0 aliphatic rings. The molecule has 0 saturated carbocycles. The van der Waals surface area contributed by atoms with Crippen molar-refractivity contribution < 1.29 is 4.79 Å². The summed E-state index contributed by atoms with van der Waals surface area (Å²) in [6.45, 7) is 4.59. The highest BCUT2D eigenvalue weighted by atomic mass is 32.1. The number of nitrogen functional groups attached to an aromatic ring is 1. The zero-order chi connectivity index (χ0) is 14.5. The molecule has 20 heavy (non-hydrogen) atoms. The van der Waals surface area contributed by atoms with E-state index in [0.717, 1.165) is 34.9 Å². The van der Waals surface area contributed by atoms with Crippen LogP contribution in [0, 0.1) is 0 Å². The molecule has 0 bridgehead atoms. The van der Waals surface area contributed by atoms with Crippen molar-refractivity contribution in [2.24, 2.45) is 0 Å². The summed E-state index contributed by atoms with van der Waals surface area (Å²) >= 11 is 1.14. The van der Waals surface area contributed by atoms with Crippen molar-refractivity contribution >= 4 is 23.1 Å². The van der Waals surface area contributed by atoms with Crippen LogP contribution in [0.3, 0.4) is 0 Å². The maximum absolute atomic E-state index is 12.1. The van der Waals surface area contributed by atoms with E-state index < -0.39 is 0 Å². The Labute approximate surface area is 122 Å². The van der Waals surface area contributed by atoms with E-state index in [4.69, 9.17) is 5.73 Å². The van der Waals surface area contributed by atoms with Gasteiger partial charge in [0.15, 0.2) is 0 Å². The molecule has 1 aromatic heterocycles. The van der Waals surface area contributed by atoms with Crippen molar-refractivity contribution in [3.63, 3.8) is 0 Å². The average Bonchev–Trinajstić information content (AvgIpc) is 2.90. The molecule has 0 aliphatic heterocycles. The molecular formula is C14H18N4OS. The molecule has 1 amide bonds. The Hall–Kier alpha value is -1.95. The van der Waals surface area contributed by atoms with Gasteiger partial charge in [-0.2, -0.15) is 0 Å². The molecule has 0 spiro atoms. The molecule has 5 nitrogen and oxygen atoms in total. The zero-order valence-electron chi connectivity index (χ0n) is 11.6. The second-order valence-corrected chi connectivity index (χ2v) is 5.64. The van der Waals surface area contributed by atoms with Gasteiger partial charge in [-0.1, -0.05) is 30.5 Å². The summed E-state index contributed by atoms with van der Waals surface area (Å²) in [7, 11) is 0. The summed E-state index contributed by atoms with van der Waals surface area (Å²) in [5.74, 6) is 0.103. The fraction of sp³-hybridized carbons (Fsp3) is 0.357. The van der Waals surface area contributed by atoms with E-state index in [2.05, 4.69) is 14.9 Å². The van der Waals surface area contributed by atoms with Gasteiger partial charge >= 0.3 is 0 Å². The van der Waals surface area contributed by atoms with Crippen molar-refractivity contribution in [3.8, 4) is 0 Å². The van der Waals surface area contributed by atoms with Crippen molar-refractivity contribution in [2.75, 3.05) is 12.3 Å². The van der Waals surface area contributed by atoms with Crippen molar-refractivity contribution in [2.45, 2.75) is 26.2 Å². The van der Waals surface area contributed by atoms with Crippen LogP contribution in [-0.2, 0) is 6.42 Å². The van der Waals surface area contributed by atoms with Crippen LogP contribution < -0.4 is 11.1 Å². The molecule has 6 heteroatoms. The highest BCUT2D eigenvalue weighted by molar-refractivity contribution is 7.08. The molecule has 2 rings (SSSR count). The second kappa shape index (κ2) is 6.47. The van der Waals surface area contributed by atoms with Crippen molar-refractivity contribution in [1.29, 1.82) is 0 Å². The number of nitrogens with zero attached hydrogens (tertiary/aromatic N) is 2. The number of rotatable bonds is 5. The van der Waals surface area contributed by atoms with Crippen LogP contribution in [0.5, 0.6) is 0 Å². The van der Waals surface area contributed by atoms with E-state index >= 15 is 0 Å². The Bertz CT molecular complexity index is 577. The number of benzene rings is 1. The SMILES string of the molecule is CC(C)c1nnsc1C(=O)NCCc1ccc(N)cc1. The molecule has 1 heterocycles. The van der Waals surface area contributed by atoms with Crippen LogP contribution >= 0.6 is 11.5 Å². The van der Waals surface area contributed by atoms with E-state index in [0.29, 0.717) is 11.4 Å². The summed E-state index contributed by atoms with van der Waals surface area (Å²) in [4.78, 5) is 12.7. The lowest BCUT2D eigenvalue weighted by Crippen LogP contribution is -2.26. The quantitative estimate of drug-likeness (QED) is 0.827. The molecule has 2 aromatic rings. The average molecular weight is 290 g/mol. The number of amides is 1. The minimum Gasteiger partial charge on any atom is -0.399 e. The molecule has 106 valence electrons. The molecule has 0 radical (unpaired) electrons. The topological polar surface area (TPSA) is 80.9 Å². The fourth-order valence-electron chi connectivity index (χ4n) is 1.82. The standard InChI is InChI=1S/C14H18N4OS/c1-9(2)12-13(20-18-17-12)14(19)16-8-7-10-3-5-11(15)6-4-10/h3-6,9H,7-8,15H2,1-2H3,(H,16,19). The lowest BCUT2D eigenvalue weighted by Gasteiger charge is -2.06. The molecule has 3 N–H and O–H groups in total. The Kier molecular flexibility index (Phi) is 4.68. The van der Waals surface area contributed by atoms with Gasteiger partial charge in [0.25, 0.3) is 5.91 Å². The number of carbonyl (C=O) groups excluding carboxylic acids is 1. The molecule has 1 aromatic carbocycles. The van der Waals surface area contributed by atoms with Crippen LogP contribution in [0.1, 0.15) is 40.7 Å². The minimum atomic E-state index is -0.0980. The zero-order valence-corrected chi connectivity index (χ0v) is 12.4. The Morgan fingerprint density at radius 1 is 1.35 bits per heavy atom. The number of hydrogen-bond donors (Lipinski definition) is 2. The lowest BCUT2D eigenvalue weighted by molar-refractivity contribution is 0.0956. The number of anilines is 1. The number of nitrogens with one attached hydrogen (secondary N) is 1. The number of nitrogens with two attached hydrogens (primary N) is 1. The predicted molar refractivity (Wildman–Crippen MR) is 80.9 cm³/mol. The summed E-state index contributed by atoms with van der Waals surface area (Å²) in [5, 5.41) is 6.91. The van der Waals surface area contributed by atoms with E-state index in [1.54, 1.807) is 0 Å². The van der Waals surface area contributed by atoms with Crippen LogP contribution in [0.25, 0.3) is 0 Å². The van der Waals surface area contributed by atoms with E-state index in [1.807, 2.05) is 38.1 Å². The van der Waals surface area contributed by atoms with Gasteiger partial charge in [-0.15, -0.1) is 5.10 Å². The number of hydrogen-bond acceptors (Lipinski definition) is 5. The molecule has 0 unspecified atom stereocenters. The first-order valence-corrected chi connectivity index (χ1v) is 7.30. The first-order chi connectivity index (χ1) is 9.58. The first kappa shape index (κ1) is 14.5. The highest BCUT2D eigenvalue weighted by Crippen LogP contribution is 2.19. The normalized spacial score (nSPS) is 10.8. The summed E-state index contributed by atoms with van der Waals surface area (Å²) in [5.41, 5.74) is 8.28. The Balaban J connectivity index is 1.89. The van der Waals surface area contributed by atoms with E-state index in [-0.39, 0.29) is 11.8 Å². The predicted octanol–water partition coefficient (Wildman–Crippen LogP) is 2.22. The van der Waals surface area contributed by atoms with Gasteiger partial charge < -0.3 is 11.1 Å². The lowest BCUT2D eigenvalue weighted by atomic mass is 10.1. The third kappa shape index (κ3) is 3.54. The molecule has 0 saturated heterocycles. The molecule has 0 fully saturated rings. The fourth-order valence-corrected chi connectivity index (χ4v) is 2.55. The number of carbonyl (C=O) groups is 1. The largest absolute Gasteiger partial charge is 0.399 e. The van der Waals surface area contributed by atoms with Crippen molar-refractivity contribution in [3.05, 3.63) is 40.4 Å². The molecular weight excluding hydrogens is 272 g/mol. The third-order valence-corrected chi connectivity index (χ3v) is 3.69. The van der Waals surface area contributed by atoms with Crippen molar-refractivity contribution in [1.82, 2.24) is 14.9 Å². The summed E-state index contributed by atoms with van der Waals surface area (Å²) < 4.78 is 3.86. The summed E-state index contributed by atoms with van der Waals surface area (Å²) in [6.07, 6.45) is 0.773. The molecule has 0 atom stereocenters. The highest BCUT2D eigenvalue weighted by Gasteiger charge is 2.17. The number of aromatic nitrogens is 2. The maximum Gasteiger partial charge on any atom is 0.264 e. The molecule has 0 aliphatic carbocycles. The smallest absolute Gasteiger partial charge is 0.264 e. The van der Waals surface area contributed by atoms with Gasteiger partial charge in [0.1, 0.15) is 4.88 Å². The van der Waals surface area contributed by atoms with Gasteiger partial charge in [-0.05, 0) is 41.6 Å². The Morgan fingerprint density at radius 2 is 2.05 bits per heavy atom. The van der Waals surface area contributed by atoms with Gasteiger partial charge in [0.2, 0.25) is 0 Å². The Morgan fingerprint density at radius 3 is 2.70 bits per heavy atom. The minimum absolute atomic E-state index is 0.0980. The van der Waals surface area contributed by atoms with Crippen LogP contribution in [-0.4, -0.2) is 22.0 Å². The van der Waals surface area contributed by atoms with Crippen LogP contribution in [0.4, 0.5) is 5.69 Å². The first-order valence-electron chi connectivity index (χ1n) is 6.52. The third-order valence-electron chi connectivity index (χ3n) is 2.95. The second-order valence-electron chi connectivity index (χ2n) is 4.89. The van der Waals surface area contributed by atoms with Gasteiger partial charge in [-0.3, -0.25) is 4.79 Å². The van der Waals surface area contributed by atoms with E-state index in [1.165, 1.54) is 0 Å². The van der Waals surface area contributed by atoms with Crippen LogP contribution in [0.2, 0.25) is 0 Å². The van der Waals surface area contributed by atoms with Gasteiger partial charge in [0, 0.05) is 12.2 Å².